The third kappa shape index (κ3) is 11.9. The molecule has 9 heteroatoms. The lowest BCUT2D eigenvalue weighted by Gasteiger charge is -2.04. The number of nitrogens with one attached hydrogen (secondary N) is 1. The zero-order chi connectivity index (χ0) is 14.9. The molecule has 0 radical (unpaired) electrons. The summed E-state index contributed by atoms with van der Waals surface area (Å²) < 4.78 is 0. The Morgan fingerprint density at radius 2 is 1.56 bits per heavy atom. The summed E-state index contributed by atoms with van der Waals surface area (Å²) in [6.07, 6.45) is -0.532. The second-order valence-corrected chi connectivity index (χ2v) is 3.30. The van der Waals surface area contributed by atoms with Gasteiger partial charge in [0.2, 0.25) is 5.91 Å². The topological polar surface area (TPSA) is 167 Å². The van der Waals surface area contributed by atoms with Crippen molar-refractivity contribution in [3.63, 3.8) is 0 Å². The Bertz CT molecular complexity index is 297. The van der Waals surface area contributed by atoms with Gasteiger partial charge in [0.15, 0.2) is 0 Å². The highest BCUT2D eigenvalue weighted by atomic mass is 16.4. The van der Waals surface area contributed by atoms with Crippen molar-refractivity contribution in [2.24, 2.45) is 5.73 Å². The number of carbonyl (C=O) groups is 4. The average Bonchev–Trinajstić information content (AvgIpc) is 2.16. The fourth-order valence-electron chi connectivity index (χ4n) is 0.642. The Labute approximate surface area is 103 Å². The molecule has 18 heavy (non-hydrogen) atoms. The molecule has 0 heterocycles. The summed E-state index contributed by atoms with van der Waals surface area (Å²) in [5, 5.41) is 26.5. The molecular formula is C9H16N2O7. The molecule has 2 atom stereocenters. The van der Waals surface area contributed by atoms with Crippen LogP contribution in [-0.2, 0) is 19.2 Å². The molecule has 0 aliphatic rings. The van der Waals surface area contributed by atoms with Crippen molar-refractivity contribution in [2.45, 2.75) is 32.4 Å². The Morgan fingerprint density at radius 1 is 1.11 bits per heavy atom. The molecule has 9 nitrogen and oxygen atoms in total. The minimum absolute atomic E-state index is 0.329. The smallest absolute Gasteiger partial charge is 0.325 e. The van der Waals surface area contributed by atoms with Crippen molar-refractivity contribution in [1.29, 1.82) is 0 Å². The first-order valence-electron chi connectivity index (χ1n) is 4.78. The SMILES string of the molecule is CC(=O)NC(C)C(=O)O.NC(CC(=O)O)C(=O)O. The third-order valence-corrected chi connectivity index (χ3v) is 1.50. The van der Waals surface area contributed by atoms with Crippen molar-refractivity contribution in [3.05, 3.63) is 0 Å². The van der Waals surface area contributed by atoms with Gasteiger partial charge in [-0.05, 0) is 6.92 Å². The van der Waals surface area contributed by atoms with Crippen LogP contribution in [0.5, 0.6) is 0 Å². The van der Waals surface area contributed by atoms with Crippen LogP contribution in [0.4, 0.5) is 0 Å². The minimum atomic E-state index is -1.29. The van der Waals surface area contributed by atoms with Crippen molar-refractivity contribution in [3.8, 4) is 0 Å². The maximum absolute atomic E-state index is 10.2. The maximum atomic E-state index is 10.2. The monoisotopic (exact) mass is 264 g/mol. The Balaban J connectivity index is 0. The number of hydrogen-bond donors (Lipinski definition) is 5. The molecule has 0 saturated heterocycles. The summed E-state index contributed by atoms with van der Waals surface area (Å²) >= 11 is 0. The molecule has 0 fully saturated rings. The largest absolute Gasteiger partial charge is 0.481 e. The van der Waals surface area contributed by atoms with E-state index in [2.05, 4.69) is 5.32 Å². The third-order valence-electron chi connectivity index (χ3n) is 1.50. The normalized spacial score (nSPS) is 12.4. The zero-order valence-corrected chi connectivity index (χ0v) is 9.91. The zero-order valence-electron chi connectivity index (χ0n) is 9.91. The second kappa shape index (κ2) is 8.93. The number of amides is 1. The van der Waals surface area contributed by atoms with E-state index in [0.29, 0.717) is 0 Å². The first-order valence-corrected chi connectivity index (χ1v) is 4.78. The van der Waals surface area contributed by atoms with Crippen LogP contribution in [0.3, 0.4) is 0 Å². The molecule has 0 bridgehead atoms. The van der Waals surface area contributed by atoms with E-state index in [0.717, 1.165) is 0 Å². The van der Waals surface area contributed by atoms with E-state index in [-0.39, 0.29) is 5.91 Å². The summed E-state index contributed by atoms with van der Waals surface area (Å²) in [4.78, 5) is 39.8. The molecule has 6 N–H and O–H groups in total. The highest BCUT2D eigenvalue weighted by Crippen LogP contribution is 1.86. The first-order chi connectivity index (χ1) is 8.07. The number of carboxylic acid groups (broad SMARTS) is 3. The molecule has 0 spiro atoms. The lowest BCUT2D eigenvalue weighted by atomic mass is 10.2. The number of rotatable bonds is 5. The molecular weight excluding hydrogens is 248 g/mol. The van der Waals surface area contributed by atoms with Crippen LogP contribution in [0.25, 0.3) is 0 Å². The summed E-state index contributed by atoms with van der Waals surface area (Å²) in [5.41, 5.74) is 4.84. The number of carbonyl (C=O) groups excluding carboxylic acids is 1. The van der Waals surface area contributed by atoms with E-state index >= 15 is 0 Å². The maximum Gasteiger partial charge on any atom is 0.325 e. The summed E-state index contributed by atoms with van der Waals surface area (Å²) in [5.74, 6) is -3.85. The quantitative estimate of drug-likeness (QED) is 0.398. The number of nitrogens with two attached hydrogens (primary N) is 1. The van der Waals surface area contributed by atoms with Crippen LogP contribution in [0.15, 0.2) is 0 Å². The van der Waals surface area contributed by atoms with Crippen LogP contribution in [0.2, 0.25) is 0 Å². The van der Waals surface area contributed by atoms with E-state index in [9.17, 15) is 19.2 Å². The molecule has 1 amide bonds. The van der Waals surface area contributed by atoms with Crippen LogP contribution >= 0.6 is 0 Å². The van der Waals surface area contributed by atoms with Crippen molar-refractivity contribution < 1.29 is 34.5 Å². The predicted octanol–water partition coefficient (Wildman–Crippen LogP) is -1.53. The number of carboxylic acids is 3. The number of aliphatic carboxylic acids is 3. The number of hydrogen-bond acceptors (Lipinski definition) is 5. The fraction of sp³-hybridized carbons (Fsp3) is 0.556. The molecule has 0 aromatic heterocycles. The van der Waals surface area contributed by atoms with Gasteiger partial charge in [0.1, 0.15) is 12.1 Å². The lowest BCUT2D eigenvalue weighted by Crippen LogP contribution is -2.36. The van der Waals surface area contributed by atoms with Gasteiger partial charge in [0.25, 0.3) is 0 Å². The predicted molar refractivity (Wildman–Crippen MR) is 58.8 cm³/mol. The summed E-state index contributed by atoms with van der Waals surface area (Å²) in [7, 11) is 0. The Morgan fingerprint density at radius 3 is 1.67 bits per heavy atom. The van der Waals surface area contributed by atoms with Gasteiger partial charge in [-0.2, -0.15) is 0 Å². The van der Waals surface area contributed by atoms with Crippen LogP contribution in [0, 0.1) is 0 Å². The van der Waals surface area contributed by atoms with Gasteiger partial charge in [0.05, 0.1) is 6.42 Å². The highest BCUT2D eigenvalue weighted by Gasteiger charge is 2.14. The van der Waals surface area contributed by atoms with Gasteiger partial charge in [-0.1, -0.05) is 0 Å². The average molecular weight is 264 g/mol. The minimum Gasteiger partial charge on any atom is -0.481 e. The molecule has 0 aromatic carbocycles. The Kier molecular flexibility index (Phi) is 9.04. The molecule has 2 unspecified atom stereocenters. The van der Waals surface area contributed by atoms with E-state index in [1.807, 2.05) is 0 Å². The van der Waals surface area contributed by atoms with Crippen LogP contribution < -0.4 is 11.1 Å². The van der Waals surface area contributed by atoms with E-state index in [1.54, 1.807) is 0 Å². The molecule has 104 valence electrons. The lowest BCUT2D eigenvalue weighted by molar-refractivity contribution is -0.144. The van der Waals surface area contributed by atoms with Crippen LogP contribution in [-0.4, -0.2) is 51.2 Å². The van der Waals surface area contributed by atoms with E-state index in [4.69, 9.17) is 21.1 Å². The molecule has 0 aromatic rings. The molecule has 0 saturated carbocycles. The second-order valence-electron chi connectivity index (χ2n) is 3.30. The standard InChI is InChI=1S/C5H9NO3.C4H7NO4/c1-3(5(8)9)6-4(2)7;5-2(4(8)9)1-3(6)7/h3H,1-2H3,(H,6,7)(H,8,9);2H,1,5H2,(H,6,7)(H,8,9). The van der Waals surface area contributed by atoms with E-state index < -0.39 is 36.4 Å². The first kappa shape index (κ1) is 18.2. The van der Waals surface area contributed by atoms with Crippen molar-refractivity contribution >= 4 is 23.8 Å². The summed E-state index contributed by atoms with van der Waals surface area (Å²) in [6, 6.07) is -2.08. The molecule has 0 aliphatic heterocycles. The summed E-state index contributed by atoms with van der Waals surface area (Å²) in [6.45, 7) is 2.68. The fourth-order valence-corrected chi connectivity index (χ4v) is 0.642. The van der Waals surface area contributed by atoms with Gasteiger partial charge in [0, 0.05) is 6.92 Å². The molecule has 0 rings (SSSR count). The van der Waals surface area contributed by atoms with Gasteiger partial charge >= 0.3 is 17.9 Å². The highest BCUT2D eigenvalue weighted by molar-refractivity contribution is 5.81. The van der Waals surface area contributed by atoms with Gasteiger partial charge in [-0.15, -0.1) is 0 Å². The van der Waals surface area contributed by atoms with Crippen molar-refractivity contribution in [2.75, 3.05) is 0 Å². The van der Waals surface area contributed by atoms with Crippen LogP contribution in [0.1, 0.15) is 20.3 Å². The van der Waals surface area contributed by atoms with Crippen molar-refractivity contribution in [1.82, 2.24) is 5.32 Å². The van der Waals surface area contributed by atoms with Gasteiger partial charge in [-0.25, -0.2) is 0 Å². The molecule has 0 aliphatic carbocycles. The van der Waals surface area contributed by atoms with Gasteiger partial charge in [-0.3, -0.25) is 19.2 Å². The van der Waals surface area contributed by atoms with E-state index in [1.165, 1.54) is 13.8 Å². The Hall–Kier alpha value is -2.16. The van der Waals surface area contributed by atoms with Gasteiger partial charge < -0.3 is 26.4 Å².